The van der Waals surface area contributed by atoms with Crippen molar-refractivity contribution in [2.45, 2.75) is 51.7 Å². The summed E-state index contributed by atoms with van der Waals surface area (Å²) in [5.74, 6) is -2.00. The van der Waals surface area contributed by atoms with E-state index in [1.165, 1.54) is 19.1 Å². The average Bonchev–Trinajstić information content (AvgIpc) is 2.55. The Labute approximate surface area is 152 Å². The zero-order valence-electron chi connectivity index (χ0n) is 15.2. The van der Waals surface area contributed by atoms with E-state index < -0.39 is 35.9 Å². The first kappa shape index (κ1) is 21.4. The van der Waals surface area contributed by atoms with Crippen molar-refractivity contribution in [1.82, 2.24) is 10.6 Å². The quantitative estimate of drug-likeness (QED) is 0.428. The molecule has 3 atom stereocenters. The van der Waals surface area contributed by atoms with Gasteiger partial charge in [0.25, 0.3) is 0 Å². The highest BCUT2D eigenvalue weighted by molar-refractivity contribution is 5.91. The van der Waals surface area contributed by atoms with Gasteiger partial charge in [-0.1, -0.05) is 26.0 Å². The third-order valence-corrected chi connectivity index (χ3v) is 3.80. The largest absolute Gasteiger partial charge is 0.508 e. The number of phenols is 1. The summed E-state index contributed by atoms with van der Waals surface area (Å²) < 4.78 is 0. The number of aliphatic carboxylic acids is 1. The zero-order chi connectivity index (χ0) is 19.9. The molecule has 8 heteroatoms. The van der Waals surface area contributed by atoms with Crippen LogP contribution in [0.3, 0.4) is 0 Å². The SMILES string of the molecule is CC(C)CC(NC(=O)C(C)NC(=O)C(N)Cc1ccc(O)cc1)C(=O)O. The van der Waals surface area contributed by atoms with E-state index in [1.807, 2.05) is 13.8 Å². The predicted octanol–water partition coefficient (Wildman–Crippen LogP) is 0.382. The fourth-order valence-corrected chi connectivity index (χ4v) is 2.35. The Morgan fingerprint density at radius 3 is 2.12 bits per heavy atom. The van der Waals surface area contributed by atoms with Gasteiger partial charge in [0.1, 0.15) is 17.8 Å². The van der Waals surface area contributed by atoms with Crippen LogP contribution in [0.25, 0.3) is 0 Å². The Balaban J connectivity index is 2.57. The van der Waals surface area contributed by atoms with Gasteiger partial charge >= 0.3 is 5.97 Å². The van der Waals surface area contributed by atoms with E-state index in [4.69, 9.17) is 10.8 Å². The molecule has 0 saturated heterocycles. The molecular formula is C18H27N3O5. The van der Waals surface area contributed by atoms with Gasteiger partial charge in [-0.25, -0.2) is 4.79 Å². The van der Waals surface area contributed by atoms with Gasteiger partial charge in [0.2, 0.25) is 11.8 Å². The van der Waals surface area contributed by atoms with Crippen LogP contribution in [0.4, 0.5) is 0 Å². The number of rotatable bonds is 9. The van der Waals surface area contributed by atoms with Crippen molar-refractivity contribution in [3.63, 3.8) is 0 Å². The summed E-state index contributed by atoms with van der Waals surface area (Å²) in [5, 5.41) is 23.3. The van der Waals surface area contributed by atoms with Crippen molar-refractivity contribution in [2.24, 2.45) is 11.7 Å². The van der Waals surface area contributed by atoms with E-state index >= 15 is 0 Å². The summed E-state index contributed by atoms with van der Waals surface area (Å²) in [6, 6.07) is 3.51. The van der Waals surface area contributed by atoms with Crippen molar-refractivity contribution in [1.29, 1.82) is 0 Å². The van der Waals surface area contributed by atoms with E-state index in [1.54, 1.807) is 12.1 Å². The molecule has 1 aromatic rings. The number of amides is 2. The van der Waals surface area contributed by atoms with Gasteiger partial charge in [0, 0.05) is 0 Å². The van der Waals surface area contributed by atoms with Crippen molar-refractivity contribution in [2.75, 3.05) is 0 Å². The number of hydrogen-bond acceptors (Lipinski definition) is 5. The Morgan fingerprint density at radius 1 is 1.04 bits per heavy atom. The maximum absolute atomic E-state index is 12.1. The second kappa shape index (κ2) is 9.76. The van der Waals surface area contributed by atoms with Crippen LogP contribution in [0, 0.1) is 5.92 Å². The number of hydrogen-bond donors (Lipinski definition) is 5. The number of nitrogens with one attached hydrogen (secondary N) is 2. The zero-order valence-corrected chi connectivity index (χ0v) is 15.2. The maximum Gasteiger partial charge on any atom is 0.326 e. The van der Waals surface area contributed by atoms with Crippen LogP contribution in [0.1, 0.15) is 32.8 Å². The van der Waals surface area contributed by atoms with E-state index in [2.05, 4.69) is 10.6 Å². The van der Waals surface area contributed by atoms with Crippen LogP contribution in [-0.2, 0) is 20.8 Å². The molecule has 2 amide bonds. The monoisotopic (exact) mass is 365 g/mol. The van der Waals surface area contributed by atoms with Crippen molar-refractivity contribution >= 4 is 17.8 Å². The summed E-state index contributed by atoms with van der Waals surface area (Å²) in [6.07, 6.45) is 0.535. The molecule has 0 bridgehead atoms. The summed E-state index contributed by atoms with van der Waals surface area (Å²) in [5.41, 5.74) is 6.62. The lowest BCUT2D eigenvalue weighted by Crippen LogP contribution is -2.53. The van der Waals surface area contributed by atoms with Crippen LogP contribution in [0.2, 0.25) is 0 Å². The molecule has 8 nitrogen and oxygen atoms in total. The molecule has 6 N–H and O–H groups in total. The van der Waals surface area contributed by atoms with Gasteiger partial charge in [-0.05, 0) is 43.4 Å². The number of carboxylic acid groups (broad SMARTS) is 1. The number of benzene rings is 1. The summed E-state index contributed by atoms with van der Waals surface area (Å²) in [7, 11) is 0. The smallest absolute Gasteiger partial charge is 0.326 e. The summed E-state index contributed by atoms with van der Waals surface area (Å²) in [4.78, 5) is 35.5. The normalized spacial score (nSPS) is 14.3. The van der Waals surface area contributed by atoms with Crippen LogP contribution in [-0.4, -0.2) is 46.1 Å². The van der Waals surface area contributed by atoms with Gasteiger partial charge < -0.3 is 26.6 Å². The van der Waals surface area contributed by atoms with E-state index in [9.17, 15) is 19.5 Å². The molecule has 1 rings (SSSR count). The van der Waals surface area contributed by atoms with Crippen LogP contribution in [0.5, 0.6) is 5.75 Å². The van der Waals surface area contributed by atoms with E-state index in [0.717, 1.165) is 5.56 Å². The summed E-state index contributed by atoms with van der Waals surface area (Å²) >= 11 is 0. The second-order valence-corrected chi connectivity index (χ2v) is 6.74. The maximum atomic E-state index is 12.1. The molecule has 0 spiro atoms. The molecule has 0 aliphatic heterocycles. The molecule has 1 aromatic carbocycles. The van der Waals surface area contributed by atoms with Crippen molar-refractivity contribution < 1.29 is 24.6 Å². The first-order chi connectivity index (χ1) is 12.1. The third kappa shape index (κ3) is 7.10. The van der Waals surface area contributed by atoms with Gasteiger partial charge in [0.15, 0.2) is 0 Å². The molecule has 26 heavy (non-hydrogen) atoms. The molecular weight excluding hydrogens is 338 g/mol. The number of carboxylic acids is 1. The highest BCUT2D eigenvalue weighted by atomic mass is 16.4. The predicted molar refractivity (Wildman–Crippen MR) is 96.4 cm³/mol. The minimum atomic E-state index is -1.12. The lowest BCUT2D eigenvalue weighted by molar-refractivity contribution is -0.142. The van der Waals surface area contributed by atoms with Gasteiger partial charge in [0.05, 0.1) is 6.04 Å². The highest BCUT2D eigenvalue weighted by Gasteiger charge is 2.25. The van der Waals surface area contributed by atoms with Crippen LogP contribution in [0.15, 0.2) is 24.3 Å². The first-order valence-corrected chi connectivity index (χ1v) is 8.47. The molecule has 0 aliphatic rings. The van der Waals surface area contributed by atoms with Crippen LogP contribution < -0.4 is 16.4 Å². The molecule has 144 valence electrons. The van der Waals surface area contributed by atoms with Gasteiger partial charge in [-0.2, -0.15) is 0 Å². The number of nitrogens with two attached hydrogens (primary N) is 1. The van der Waals surface area contributed by atoms with E-state index in [0.29, 0.717) is 6.42 Å². The Hall–Kier alpha value is -2.61. The number of aromatic hydroxyl groups is 1. The van der Waals surface area contributed by atoms with Gasteiger partial charge in [-0.3, -0.25) is 9.59 Å². The number of carbonyl (C=O) groups is 3. The van der Waals surface area contributed by atoms with Crippen molar-refractivity contribution in [3.8, 4) is 5.75 Å². The third-order valence-electron chi connectivity index (χ3n) is 3.80. The minimum Gasteiger partial charge on any atom is -0.508 e. The van der Waals surface area contributed by atoms with E-state index in [-0.39, 0.29) is 18.1 Å². The lowest BCUT2D eigenvalue weighted by Gasteiger charge is -2.21. The van der Waals surface area contributed by atoms with Crippen molar-refractivity contribution in [3.05, 3.63) is 29.8 Å². The molecule has 0 radical (unpaired) electrons. The fourth-order valence-electron chi connectivity index (χ4n) is 2.35. The molecule has 0 fully saturated rings. The average molecular weight is 365 g/mol. The standard InChI is InChI=1S/C18H27N3O5/c1-10(2)8-15(18(25)26)21-16(23)11(3)20-17(24)14(19)9-12-4-6-13(22)7-5-12/h4-7,10-11,14-15,22H,8-9,19H2,1-3H3,(H,20,24)(H,21,23)(H,25,26). The minimum absolute atomic E-state index is 0.0972. The second-order valence-electron chi connectivity index (χ2n) is 6.74. The topological polar surface area (TPSA) is 142 Å². The van der Waals surface area contributed by atoms with Gasteiger partial charge in [-0.15, -0.1) is 0 Å². The molecule has 0 aromatic heterocycles. The molecule has 0 heterocycles. The number of phenolic OH excluding ortho intramolecular Hbond substituents is 1. The number of carbonyl (C=O) groups excluding carboxylic acids is 2. The fraction of sp³-hybridized carbons (Fsp3) is 0.500. The Bertz CT molecular complexity index is 630. The highest BCUT2D eigenvalue weighted by Crippen LogP contribution is 2.11. The summed E-state index contributed by atoms with van der Waals surface area (Å²) in [6.45, 7) is 5.18. The molecule has 0 aliphatic carbocycles. The molecule has 3 unspecified atom stereocenters. The first-order valence-electron chi connectivity index (χ1n) is 8.47. The van der Waals surface area contributed by atoms with Crippen LogP contribution >= 0.6 is 0 Å². The molecule has 0 saturated carbocycles. The Kier molecular flexibility index (Phi) is 8.05. The lowest BCUT2D eigenvalue weighted by atomic mass is 10.0. The Morgan fingerprint density at radius 2 is 1.62 bits per heavy atom.